The van der Waals surface area contributed by atoms with Crippen molar-refractivity contribution in [3.63, 3.8) is 0 Å². The summed E-state index contributed by atoms with van der Waals surface area (Å²) in [5.41, 5.74) is 2.18. The zero-order valence-corrected chi connectivity index (χ0v) is 28.9. The van der Waals surface area contributed by atoms with Gasteiger partial charge in [-0.3, -0.25) is 9.10 Å². The molecule has 46 heavy (non-hydrogen) atoms. The number of ether oxygens (including phenoxy) is 3. The molecule has 1 aliphatic rings. The SMILES string of the molecule is C=C1C=C(OCCN(Cc2ccccc2)c2c(Cl)c(Cl)nc(Cl)c2Cl)C=C(N(CC(=O)OCC)S(=O)(=O)c2ccccc2OC)C1. The largest absolute Gasteiger partial charge is 0.495 e. The molecule has 0 bridgehead atoms. The predicted octanol–water partition coefficient (Wildman–Crippen LogP) is 7.71. The van der Waals surface area contributed by atoms with E-state index >= 15 is 0 Å². The van der Waals surface area contributed by atoms with E-state index in [1.54, 1.807) is 31.2 Å². The van der Waals surface area contributed by atoms with Crippen LogP contribution in [-0.4, -0.2) is 57.1 Å². The van der Waals surface area contributed by atoms with Crippen molar-refractivity contribution >= 4 is 68.1 Å². The molecule has 1 heterocycles. The molecule has 2 aromatic carbocycles. The molecule has 0 unspecified atom stereocenters. The van der Waals surface area contributed by atoms with Gasteiger partial charge in [0.05, 0.1) is 25.9 Å². The highest BCUT2D eigenvalue weighted by Gasteiger charge is 2.33. The Balaban J connectivity index is 1.63. The lowest BCUT2D eigenvalue weighted by Gasteiger charge is -2.30. The van der Waals surface area contributed by atoms with Crippen LogP contribution in [0.15, 0.2) is 95.3 Å². The summed E-state index contributed by atoms with van der Waals surface area (Å²) in [5, 5.41) is 0.273. The monoisotopic (exact) mass is 725 g/mol. The van der Waals surface area contributed by atoms with Gasteiger partial charge >= 0.3 is 5.97 Å². The van der Waals surface area contributed by atoms with Crippen molar-refractivity contribution in [2.24, 2.45) is 0 Å². The number of anilines is 1. The topological polar surface area (TPSA) is 98.3 Å². The van der Waals surface area contributed by atoms with E-state index in [2.05, 4.69) is 11.6 Å². The van der Waals surface area contributed by atoms with Gasteiger partial charge in [0.2, 0.25) is 0 Å². The molecule has 1 aliphatic carbocycles. The maximum absolute atomic E-state index is 14.0. The number of allylic oxidation sites excluding steroid dienone is 3. The molecule has 1 aromatic heterocycles. The first kappa shape index (κ1) is 35.4. The molecule has 0 spiro atoms. The second-order valence-electron chi connectivity index (χ2n) is 9.91. The maximum Gasteiger partial charge on any atom is 0.326 e. The lowest BCUT2D eigenvalue weighted by molar-refractivity contribution is -0.143. The van der Waals surface area contributed by atoms with Gasteiger partial charge in [-0.1, -0.05) is 95.4 Å². The Hall–Kier alpha value is -3.41. The summed E-state index contributed by atoms with van der Waals surface area (Å²) in [4.78, 5) is 18.4. The fraction of sp³-hybridized carbons (Fsp3) is 0.250. The highest BCUT2D eigenvalue weighted by Crippen LogP contribution is 2.42. The van der Waals surface area contributed by atoms with Gasteiger partial charge in [0, 0.05) is 24.7 Å². The number of benzene rings is 2. The highest BCUT2D eigenvalue weighted by molar-refractivity contribution is 7.89. The number of sulfonamides is 1. The molecule has 9 nitrogen and oxygen atoms in total. The summed E-state index contributed by atoms with van der Waals surface area (Å²) in [5.74, 6) is -0.256. The quantitative estimate of drug-likeness (QED) is 0.123. The van der Waals surface area contributed by atoms with E-state index in [4.69, 9.17) is 60.6 Å². The van der Waals surface area contributed by atoms with Gasteiger partial charge in [-0.2, -0.15) is 0 Å². The van der Waals surface area contributed by atoms with E-state index in [0.29, 0.717) is 23.6 Å². The molecular weight excluding hydrogens is 696 g/mol. The number of hydrogen-bond donors (Lipinski definition) is 0. The summed E-state index contributed by atoms with van der Waals surface area (Å²) < 4.78 is 45.5. The van der Waals surface area contributed by atoms with Crippen LogP contribution in [0.25, 0.3) is 0 Å². The van der Waals surface area contributed by atoms with Crippen LogP contribution in [0.5, 0.6) is 5.75 Å². The Morgan fingerprint density at radius 3 is 2.28 bits per heavy atom. The van der Waals surface area contributed by atoms with Crippen molar-refractivity contribution in [2.75, 3.05) is 38.3 Å². The molecule has 0 saturated heterocycles. The zero-order valence-electron chi connectivity index (χ0n) is 25.0. The number of hydrogen-bond acceptors (Lipinski definition) is 8. The highest BCUT2D eigenvalue weighted by atomic mass is 35.5. The minimum atomic E-state index is -4.28. The van der Waals surface area contributed by atoms with Gasteiger partial charge in [0.1, 0.15) is 39.6 Å². The van der Waals surface area contributed by atoms with E-state index < -0.39 is 22.5 Å². The molecule has 4 rings (SSSR count). The standard InChI is InChI=1S/C32H31Cl4N3O6S/c1-4-44-27(40)20-39(46(41,42)26-13-9-8-12-25(26)43-3)23-16-21(2)17-24(18-23)45-15-14-38(19-22-10-6-5-7-11-22)30-28(33)31(35)37-32(36)29(30)34/h5-13,17-18H,2,4,14-16,19-20H2,1,3H3. The molecule has 0 saturated carbocycles. The minimum Gasteiger partial charge on any atom is -0.495 e. The molecule has 14 heteroatoms. The number of esters is 1. The molecule has 3 aromatic rings. The maximum atomic E-state index is 14.0. The second-order valence-corrected chi connectivity index (χ2v) is 13.2. The molecule has 0 radical (unpaired) electrons. The minimum absolute atomic E-state index is 0.00172. The molecule has 0 amide bonds. The summed E-state index contributed by atoms with van der Waals surface area (Å²) in [6.45, 7) is 5.98. The van der Waals surface area contributed by atoms with Crippen LogP contribution in [-0.2, 0) is 30.8 Å². The van der Waals surface area contributed by atoms with Crippen LogP contribution < -0.4 is 9.64 Å². The van der Waals surface area contributed by atoms with Crippen LogP contribution in [0.1, 0.15) is 18.9 Å². The Morgan fingerprint density at radius 2 is 1.63 bits per heavy atom. The number of carbonyl (C=O) groups excluding carboxylic acids is 1. The summed E-state index contributed by atoms with van der Waals surface area (Å²) in [6.07, 6.45) is 3.39. The van der Waals surface area contributed by atoms with E-state index in [0.717, 1.165) is 9.87 Å². The molecule has 0 N–H and O–H groups in total. The van der Waals surface area contributed by atoms with Crippen LogP contribution in [0, 0.1) is 0 Å². The number of methoxy groups -OCH3 is 1. The number of para-hydroxylation sites is 1. The lowest BCUT2D eigenvalue weighted by atomic mass is 10.1. The first-order chi connectivity index (χ1) is 22.0. The second kappa shape index (κ2) is 15.9. The van der Waals surface area contributed by atoms with Crippen molar-refractivity contribution in [3.05, 3.63) is 116 Å². The van der Waals surface area contributed by atoms with Crippen molar-refractivity contribution in [3.8, 4) is 5.75 Å². The summed E-state index contributed by atoms with van der Waals surface area (Å²) in [6, 6.07) is 15.8. The molecule has 0 atom stereocenters. The lowest BCUT2D eigenvalue weighted by Crippen LogP contribution is -2.37. The predicted molar refractivity (Wildman–Crippen MR) is 181 cm³/mol. The first-order valence-electron chi connectivity index (χ1n) is 14.0. The van der Waals surface area contributed by atoms with Crippen LogP contribution >= 0.6 is 46.4 Å². The molecular formula is C32H31Cl4N3O6S. The normalized spacial score (nSPS) is 13.0. The molecule has 0 fully saturated rings. The smallest absolute Gasteiger partial charge is 0.326 e. The third kappa shape index (κ3) is 8.49. The fourth-order valence-electron chi connectivity index (χ4n) is 4.70. The number of halogens is 4. The van der Waals surface area contributed by atoms with Crippen LogP contribution in [0.4, 0.5) is 5.69 Å². The van der Waals surface area contributed by atoms with E-state index in [9.17, 15) is 13.2 Å². The van der Waals surface area contributed by atoms with Gasteiger partial charge in [-0.05, 0) is 36.3 Å². The van der Waals surface area contributed by atoms with Gasteiger partial charge in [0.25, 0.3) is 10.0 Å². The third-order valence-electron chi connectivity index (χ3n) is 6.74. The molecule has 244 valence electrons. The van der Waals surface area contributed by atoms with Gasteiger partial charge in [-0.15, -0.1) is 0 Å². The van der Waals surface area contributed by atoms with Gasteiger partial charge in [0.15, 0.2) is 10.3 Å². The van der Waals surface area contributed by atoms with Crippen molar-refractivity contribution in [1.29, 1.82) is 0 Å². The Kier molecular flexibility index (Phi) is 12.3. The Morgan fingerprint density at radius 1 is 0.978 bits per heavy atom. The summed E-state index contributed by atoms with van der Waals surface area (Å²) >= 11 is 25.6. The Labute approximate surface area is 288 Å². The van der Waals surface area contributed by atoms with E-state index in [1.165, 1.54) is 19.2 Å². The summed E-state index contributed by atoms with van der Waals surface area (Å²) in [7, 11) is -2.91. The van der Waals surface area contributed by atoms with E-state index in [-0.39, 0.29) is 62.9 Å². The number of carbonyl (C=O) groups is 1. The van der Waals surface area contributed by atoms with E-state index in [1.807, 2.05) is 35.2 Å². The van der Waals surface area contributed by atoms with Crippen molar-refractivity contribution in [1.82, 2.24) is 9.29 Å². The van der Waals surface area contributed by atoms with Gasteiger partial charge in [-0.25, -0.2) is 13.4 Å². The number of aromatic nitrogens is 1. The van der Waals surface area contributed by atoms with Crippen molar-refractivity contribution < 1.29 is 27.4 Å². The molecule has 0 aliphatic heterocycles. The van der Waals surface area contributed by atoms with Crippen LogP contribution in [0.3, 0.4) is 0 Å². The zero-order chi connectivity index (χ0) is 33.4. The Bertz CT molecular complexity index is 1740. The van der Waals surface area contributed by atoms with Crippen molar-refractivity contribution in [2.45, 2.75) is 24.8 Å². The third-order valence-corrected chi connectivity index (χ3v) is 10.0. The average Bonchev–Trinajstić information content (AvgIpc) is 3.03. The van der Waals surface area contributed by atoms with Gasteiger partial charge < -0.3 is 19.1 Å². The number of nitrogens with zero attached hydrogens (tertiary/aromatic N) is 3. The fourth-order valence-corrected chi connectivity index (χ4v) is 7.25. The number of pyridine rings is 1. The average molecular weight is 727 g/mol. The van der Waals surface area contributed by atoms with Crippen LogP contribution in [0.2, 0.25) is 20.4 Å². The first-order valence-corrected chi connectivity index (χ1v) is 16.9. The number of rotatable bonds is 14.